The summed E-state index contributed by atoms with van der Waals surface area (Å²) in [6.07, 6.45) is 1.13. The summed E-state index contributed by atoms with van der Waals surface area (Å²) in [4.78, 5) is 56.2. The number of cyclic esters (lactones) is 2. The van der Waals surface area contributed by atoms with E-state index >= 15 is 17.6 Å². The van der Waals surface area contributed by atoms with E-state index in [-0.39, 0.29) is 72.8 Å². The lowest BCUT2D eigenvalue weighted by molar-refractivity contribution is -0.120. The van der Waals surface area contributed by atoms with Gasteiger partial charge in [0, 0.05) is 86.9 Å². The maximum absolute atomic E-state index is 15.1. The molecule has 4 saturated heterocycles. The van der Waals surface area contributed by atoms with Gasteiger partial charge >= 0.3 is 12.2 Å². The Kier molecular flexibility index (Phi) is 15.2. The quantitative estimate of drug-likeness (QED) is 0.123. The van der Waals surface area contributed by atoms with Crippen LogP contribution < -0.4 is 30.2 Å². The Hall–Kier alpha value is -7.22. The highest BCUT2D eigenvalue weighted by Gasteiger charge is 2.36. The van der Waals surface area contributed by atoms with Crippen molar-refractivity contribution in [2.75, 3.05) is 72.0 Å². The fourth-order valence-electron chi connectivity index (χ4n) is 9.10. The molecule has 2 aromatic carbocycles. The van der Waals surface area contributed by atoms with Crippen molar-refractivity contribution < 1.29 is 46.2 Å². The van der Waals surface area contributed by atoms with E-state index in [0.29, 0.717) is 70.5 Å². The number of amides is 4. The van der Waals surface area contributed by atoms with Crippen LogP contribution in [0.1, 0.15) is 73.0 Å². The summed E-state index contributed by atoms with van der Waals surface area (Å²) in [5.74, 6) is -2.09. The average molecular weight is 1040 g/mol. The Bertz CT molecular complexity index is 2830. The second kappa shape index (κ2) is 22.0. The second-order valence-corrected chi connectivity index (χ2v) is 19.7. The minimum absolute atomic E-state index is 0.00357. The van der Waals surface area contributed by atoms with E-state index in [1.165, 1.54) is 23.6 Å². The van der Waals surface area contributed by atoms with Gasteiger partial charge in [0.1, 0.15) is 23.6 Å². The van der Waals surface area contributed by atoms with Crippen molar-refractivity contribution in [3.63, 3.8) is 0 Å². The average Bonchev–Trinajstić information content (AvgIpc) is 4.23. The second-order valence-electron chi connectivity index (χ2n) is 17.6. The number of thiophene rings is 2. The summed E-state index contributed by atoms with van der Waals surface area (Å²) in [7, 11) is 0. The molecule has 4 amide bonds. The van der Waals surface area contributed by atoms with Gasteiger partial charge in [-0.25, -0.2) is 31.8 Å². The summed E-state index contributed by atoms with van der Waals surface area (Å²) in [5, 5.41) is 34.1. The highest BCUT2D eigenvalue weighted by molar-refractivity contribution is 7.10. The number of carbonyl (C=O) groups excluding carboxylic acids is 4. The van der Waals surface area contributed by atoms with E-state index < -0.39 is 47.7 Å². The van der Waals surface area contributed by atoms with Crippen LogP contribution in [0.2, 0.25) is 0 Å². The lowest BCUT2D eigenvalue weighted by Gasteiger charge is -2.34. The van der Waals surface area contributed by atoms with Crippen molar-refractivity contribution in [1.82, 2.24) is 51.0 Å². The molecule has 72 heavy (non-hydrogen) atoms. The standard InChI is InChI=1S/2C23H25F2N7O3S/c1-14(33)26-12-17-13-31(23(34)35-17)16-9-19(24)22(20(25)10-16)30-6-4-15(5-7-30)32-21(27-28-29-32)11-18-3-2-8-36-18;1-14(33)26-12-17-13-31(23(34)35-17)16-9-19(24)22(20(25)10-16)30-6-4-15(5-7-30)32-28-21(27-29-32)11-18-3-2-8-36-18/h2*2-3,8-10,15,17H,4-7,11-13H2,1H3,(H,26,33)/t2*17-/m00/s1. The summed E-state index contributed by atoms with van der Waals surface area (Å²) >= 11 is 3.28. The van der Waals surface area contributed by atoms with E-state index in [9.17, 15) is 19.2 Å². The van der Waals surface area contributed by atoms with Gasteiger partial charge in [-0.3, -0.25) is 19.4 Å². The Morgan fingerprint density at radius 3 is 1.60 bits per heavy atom. The monoisotopic (exact) mass is 1030 g/mol. The summed E-state index contributed by atoms with van der Waals surface area (Å²) in [6, 6.07) is 12.6. The van der Waals surface area contributed by atoms with E-state index in [4.69, 9.17) is 9.47 Å². The molecule has 0 saturated carbocycles. The van der Waals surface area contributed by atoms with E-state index in [0.717, 1.165) is 39.8 Å². The van der Waals surface area contributed by atoms with Crippen molar-refractivity contribution >= 4 is 69.4 Å². The molecular formula is C46H50F4N14O6S2. The molecule has 10 rings (SSSR count). The molecule has 6 aromatic rings. The van der Waals surface area contributed by atoms with Gasteiger partial charge in [-0.05, 0) is 64.2 Å². The number of hydrogen-bond acceptors (Lipinski definition) is 16. The van der Waals surface area contributed by atoms with Crippen LogP contribution in [0.25, 0.3) is 0 Å². The molecule has 8 heterocycles. The predicted octanol–water partition coefficient (Wildman–Crippen LogP) is 5.81. The number of hydrogen-bond donors (Lipinski definition) is 2. The zero-order valence-electron chi connectivity index (χ0n) is 39.1. The van der Waals surface area contributed by atoms with Crippen LogP contribution in [0.3, 0.4) is 0 Å². The maximum atomic E-state index is 15.1. The van der Waals surface area contributed by atoms with Gasteiger partial charge in [0.15, 0.2) is 34.9 Å². The molecule has 0 spiro atoms. The highest BCUT2D eigenvalue weighted by Crippen LogP contribution is 2.36. The summed E-state index contributed by atoms with van der Waals surface area (Å²) in [5.41, 5.74) is -0.0884. The third-order valence-corrected chi connectivity index (χ3v) is 14.4. The first kappa shape index (κ1) is 49.7. The molecule has 4 aliphatic heterocycles. The highest BCUT2D eigenvalue weighted by atomic mass is 32.1. The minimum Gasteiger partial charge on any atom is -0.442 e. The van der Waals surface area contributed by atoms with Crippen LogP contribution in [0.4, 0.5) is 49.9 Å². The van der Waals surface area contributed by atoms with Gasteiger partial charge in [0.2, 0.25) is 11.8 Å². The topological polar surface area (TPSA) is 211 Å². The van der Waals surface area contributed by atoms with Crippen LogP contribution in [0.15, 0.2) is 59.3 Å². The number of nitrogens with one attached hydrogen (secondary N) is 2. The lowest BCUT2D eigenvalue weighted by atomic mass is 10.0. The van der Waals surface area contributed by atoms with Crippen molar-refractivity contribution in [3.8, 4) is 0 Å². The van der Waals surface area contributed by atoms with Gasteiger partial charge in [-0.15, -0.1) is 38.0 Å². The first-order valence-electron chi connectivity index (χ1n) is 23.3. The molecule has 20 nitrogen and oxygen atoms in total. The number of aromatic nitrogens is 8. The predicted molar refractivity (Wildman–Crippen MR) is 256 cm³/mol. The molecule has 2 N–H and O–H groups in total. The van der Waals surface area contributed by atoms with Crippen LogP contribution in [0, 0.1) is 23.3 Å². The van der Waals surface area contributed by atoms with Crippen LogP contribution in [-0.4, -0.2) is 129 Å². The Morgan fingerprint density at radius 1 is 0.667 bits per heavy atom. The smallest absolute Gasteiger partial charge is 0.414 e. The Morgan fingerprint density at radius 2 is 1.14 bits per heavy atom. The van der Waals surface area contributed by atoms with Gasteiger partial charge in [-0.2, -0.15) is 4.80 Å². The van der Waals surface area contributed by atoms with Gasteiger partial charge < -0.3 is 29.9 Å². The van der Waals surface area contributed by atoms with E-state index in [1.807, 2.05) is 39.7 Å². The Balaban J connectivity index is 0.000000178. The number of nitrogens with zero attached hydrogens (tertiary/aromatic N) is 12. The largest absolute Gasteiger partial charge is 0.442 e. The van der Waals surface area contributed by atoms with Crippen molar-refractivity contribution in [2.24, 2.45) is 0 Å². The number of tetrazole rings is 2. The number of piperidine rings is 2. The third kappa shape index (κ3) is 11.6. The summed E-state index contributed by atoms with van der Waals surface area (Å²) < 4.78 is 72.6. The van der Waals surface area contributed by atoms with Crippen molar-refractivity contribution in [2.45, 2.75) is 76.7 Å². The zero-order chi connectivity index (χ0) is 50.5. The number of anilines is 4. The first-order valence-corrected chi connectivity index (χ1v) is 25.0. The molecule has 0 unspecified atom stereocenters. The minimum atomic E-state index is -0.751. The normalized spacial score (nSPS) is 18.5. The van der Waals surface area contributed by atoms with E-state index in [1.54, 1.807) is 37.3 Å². The number of carbonyl (C=O) groups is 4. The first-order chi connectivity index (χ1) is 34.8. The van der Waals surface area contributed by atoms with Crippen molar-refractivity contribution in [3.05, 3.63) is 104 Å². The van der Waals surface area contributed by atoms with Crippen LogP contribution >= 0.6 is 22.7 Å². The number of halogens is 4. The molecule has 26 heteroatoms. The molecule has 0 bridgehead atoms. The fourth-order valence-corrected chi connectivity index (χ4v) is 10.5. The van der Waals surface area contributed by atoms with Gasteiger partial charge in [0.25, 0.3) is 0 Å². The number of rotatable bonds is 14. The van der Waals surface area contributed by atoms with Gasteiger partial charge in [-0.1, -0.05) is 12.1 Å². The SMILES string of the molecule is CC(=O)NC[C@H]1CN(c2cc(F)c(N3CCC(n4nnc(Cc5cccs5)n4)CC3)c(F)c2)C(=O)O1.CC(=O)NC[C@H]1CN(c2cc(F)c(N3CCC(n4nnnc4Cc4cccs4)CC3)c(F)c2)C(=O)O1. The van der Waals surface area contributed by atoms with Crippen LogP contribution in [0.5, 0.6) is 0 Å². The fraction of sp³-hybridized carbons (Fsp3) is 0.435. The molecule has 4 aromatic heterocycles. The van der Waals surface area contributed by atoms with E-state index in [2.05, 4.69) is 41.6 Å². The van der Waals surface area contributed by atoms with Gasteiger partial charge in [0.05, 0.1) is 49.6 Å². The maximum Gasteiger partial charge on any atom is 0.414 e. The molecule has 380 valence electrons. The molecule has 4 aliphatic rings. The molecule has 0 aliphatic carbocycles. The molecular weight excluding hydrogens is 985 g/mol. The van der Waals surface area contributed by atoms with Crippen LogP contribution in [-0.2, 0) is 31.9 Å². The molecule has 0 radical (unpaired) electrons. The summed E-state index contributed by atoms with van der Waals surface area (Å²) in [6.45, 7) is 4.85. The zero-order valence-corrected chi connectivity index (χ0v) is 40.8. The molecule has 2 atom stereocenters. The lowest BCUT2D eigenvalue weighted by Crippen LogP contribution is -2.36. The van der Waals surface area contributed by atoms with Crippen molar-refractivity contribution in [1.29, 1.82) is 0 Å². The Labute approximate surface area is 417 Å². The number of ether oxygens (including phenoxy) is 2. The molecule has 4 fully saturated rings. The third-order valence-electron chi connectivity index (χ3n) is 12.6. The number of benzene rings is 2.